The summed E-state index contributed by atoms with van der Waals surface area (Å²) < 4.78 is 16.4. The molecule has 0 bridgehead atoms. The van der Waals surface area contributed by atoms with Crippen LogP contribution in [0.1, 0.15) is 30.5 Å². The average molecular weight is 343 g/mol. The molecule has 0 spiro atoms. The molecule has 2 aromatic carbocycles. The summed E-state index contributed by atoms with van der Waals surface area (Å²) in [7, 11) is 0. The molecule has 0 radical (unpaired) electrons. The van der Waals surface area contributed by atoms with Crippen LogP contribution >= 0.6 is 0 Å². The molecular formula is C20H25NO4. The van der Waals surface area contributed by atoms with E-state index in [0.717, 1.165) is 22.6 Å². The van der Waals surface area contributed by atoms with Gasteiger partial charge in [0.25, 0.3) is 0 Å². The third-order valence-corrected chi connectivity index (χ3v) is 3.61. The quantitative estimate of drug-likeness (QED) is 0.781. The lowest BCUT2D eigenvalue weighted by Gasteiger charge is -2.15. The molecule has 2 aromatic rings. The number of anilines is 1. The molecule has 0 saturated heterocycles. The van der Waals surface area contributed by atoms with E-state index < -0.39 is 6.09 Å². The van der Waals surface area contributed by atoms with Gasteiger partial charge in [-0.05, 0) is 57.5 Å². The first kappa shape index (κ1) is 18.6. The lowest BCUT2D eigenvalue weighted by Crippen LogP contribution is -2.15. The fraction of sp³-hybridized carbons (Fsp3) is 0.350. The highest BCUT2D eigenvalue weighted by Gasteiger charge is 2.10. The highest BCUT2D eigenvalue weighted by atomic mass is 16.5. The van der Waals surface area contributed by atoms with Gasteiger partial charge in [0.2, 0.25) is 0 Å². The molecule has 0 aliphatic rings. The van der Waals surface area contributed by atoms with E-state index in [9.17, 15) is 4.79 Å². The Labute approximate surface area is 148 Å². The van der Waals surface area contributed by atoms with Crippen LogP contribution in [-0.4, -0.2) is 19.3 Å². The van der Waals surface area contributed by atoms with E-state index in [1.807, 2.05) is 45.0 Å². The molecule has 0 aliphatic carbocycles. The van der Waals surface area contributed by atoms with Gasteiger partial charge >= 0.3 is 6.09 Å². The minimum Gasteiger partial charge on any atom is -0.494 e. The summed E-state index contributed by atoms with van der Waals surface area (Å²) in [6.45, 7) is 8.95. The van der Waals surface area contributed by atoms with Crippen LogP contribution in [0.15, 0.2) is 36.4 Å². The van der Waals surface area contributed by atoms with Crippen LogP contribution < -0.4 is 14.8 Å². The molecule has 1 amide bonds. The summed E-state index contributed by atoms with van der Waals surface area (Å²) in [4.78, 5) is 11.7. The van der Waals surface area contributed by atoms with Crippen molar-refractivity contribution in [2.45, 2.75) is 34.3 Å². The molecule has 1 N–H and O–H groups in total. The van der Waals surface area contributed by atoms with Crippen LogP contribution in [0.5, 0.6) is 11.5 Å². The Morgan fingerprint density at radius 1 is 1.00 bits per heavy atom. The van der Waals surface area contributed by atoms with Crippen molar-refractivity contribution in [1.82, 2.24) is 0 Å². The van der Waals surface area contributed by atoms with Gasteiger partial charge in [-0.2, -0.15) is 0 Å². The third kappa shape index (κ3) is 5.41. The second-order valence-electron chi connectivity index (χ2n) is 5.66. The predicted octanol–water partition coefficient (Wildman–Crippen LogP) is 4.85. The number of hydrogen-bond donors (Lipinski definition) is 1. The van der Waals surface area contributed by atoms with E-state index in [2.05, 4.69) is 11.4 Å². The van der Waals surface area contributed by atoms with Crippen LogP contribution in [0, 0.1) is 13.8 Å². The normalized spacial score (nSPS) is 10.2. The Bertz CT molecular complexity index is 728. The van der Waals surface area contributed by atoms with Gasteiger partial charge < -0.3 is 14.2 Å². The first-order valence-corrected chi connectivity index (χ1v) is 8.43. The molecule has 0 aliphatic heterocycles. The summed E-state index contributed by atoms with van der Waals surface area (Å²) in [6, 6.07) is 11.5. The maximum atomic E-state index is 11.7. The van der Waals surface area contributed by atoms with E-state index in [-0.39, 0.29) is 0 Å². The van der Waals surface area contributed by atoms with Gasteiger partial charge in [0.05, 0.1) is 18.9 Å². The number of hydrogen-bond acceptors (Lipinski definition) is 4. The Kier molecular flexibility index (Phi) is 6.69. The van der Waals surface area contributed by atoms with E-state index in [0.29, 0.717) is 25.5 Å². The van der Waals surface area contributed by atoms with Crippen molar-refractivity contribution in [2.75, 3.05) is 18.5 Å². The second kappa shape index (κ2) is 8.97. The first-order chi connectivity index (χ1) is 12.0. The summed E-state index contributed by atoms with van der Waals surface area (Å²) in [6.07, 6.45) is -0.487. The Morgan fingerprint density at radius 3 is 2.48 bits per heavy atom. The van der Waals surface area contributed by atoms with Gasteiger partial charge in [-0.1, -0.05) is 17.7 Å². The van der Waals surface area contributed by atoms with Crippen LogP contribution in [0.4, 0.5) is 10.5 Å². The molecule has 134 valence electrons. The zero-order valence-electron chi connectivity index (χ0n) is 15.2. The standard InChI is InChI=1S/C20H25NO4/c1-5-23-17-8-9-18(21-20(22)24-6-2)16(12-17)13-25-19-10-7-14(3)11-15(19)4/h7-12H,5-6,13H2,1-4H3,(H,21,22). The predicted molar refractivity (Wildman–Crippen MR) is 98.5 cm³/mol. The SMILES string of the molecule is CCOC(=O)Nc1ccc(OCC)cc1COc1ccc(C)cc1C. The zero-order valence-corrected chi connectivity index (χ0v) is 15.2. The number of rotatable bonds is 7. The minimum atomic E-state index is -0.487. The summed E-state index contributed by atoms with van der Waals surface area (Å²) in [5.41, 5.74) is 3.72. The number of nitrogens with one attached hydrogen (secondary N) is 1. The molecule has 0 heterocycles. The van der Waals surface area contributed by atoms with Crippen LogP contribution in [0.2, 0.25) is 0 Å². The molecule has 25 heavy (non-hydrogen) atoms. The number of carbonyl (C=O) groups is 1. The van der Waals surface area contributed by atoms with Gasteiger partial charge in [-0.3, -0.25) is 5.32 Å². The first-order valence-electron chi connectivity index (χ1n) is 8.43. The molecule has 0 aromatic heterocycles. The third-order valence-electron chi connectivity index (χ3n) is 3.61. The summed E-state index contributed by atoms with van der Waals surface area (Å²) in [5.74, 6) is 1.55. The zero-order chi connectivity index (χ0) is 18.2. The van der Waals surface area contributed by atoms with Crippen LogP contribution in [0.3, 0.4) is 0 Å². The number of ether oxygens (including phenoxy) is 3. The Balaban J connectivity index is 2.19. The van der Waals surface area contributed by atoms with E-state index in [4.69, 9.17) is 14.2 Å². The second-order valence-corrected chi connectivity index (χ2v) is 5.66. The van der Waals surface area contributed by atoms with Crippen molar-refractivity contribution >= 4 is 11.8 Å². The fourth-order valence-corrected chi connectivity index (χ4v) is 2.46. The molecule has 0 fully saturated rings. The minimum absolute atomic E-state index is 0.312. The molecule has 5 heteroatoms. The highest BCUT2D eigenvalue weighted by molar-refractivity contribution is 5.85. The molecule has 0 unspecified atom stereocenters. The lowest BCUT2D eigenvalue weighted by atomic mass is 10.1. The molecule has 5 nitrogen and oxygen atoms in total. The molecule has 0 atom stereocenters. The maximum Gasteiger partial charge on any atom is 0.411 e. The number of benzene rings is 2. The van der Waals surface area contributed by atoms with Crippen LogP contribution in [0.25, 0.3) is 0 Å². The van der Waals surface area contributed by atoms with Gasteiger partial charge in [0, 0.05) is 5.56 Å². The smallest absolute Gasteiger partial charge is 0.411 e. The number of amides is 1. The van der Waals surface area contributed by atoms with Gasteiger partial charge in [-0.15, -0.1) is 0 Å². The van der Waals surface area contributed by atoms with E-state index >= 15 is 0 Å². The summed E-state index contributed by atoms with van der Waals surface area (Å²) >= 11 is 0. The monoisotopic (exact) mass is 343 g/mol. The average Bonchev–Trinajstić information content (AvgIpc) is 2.56. The van der Waals surface area contributed by atoms with Crippen molar-refractivity contribution in [2.24, 2.45) is 0 Å². The van der Waals surface area contributed by atoms with E-state index in [1.54, 1.807) is 13.0 Å². The number of aryl methyl sites for hydroxylation is 2. The Hall–Kier alpha value is -2.69. The van der Waals surface area contributed by atoms with Crippen LogP contribution in [-0.2, 0) is 11.3 Å². The topological polar surface area (TPSA) is 56.8 Å². The van der Waals surface area contributed by atoms with Gasteiger partial charge in [-0.25, -0.2) is 4.79 Å². The molecule has 0 saturated carbocycles. The van der Waals surface area contributed by atoms with Crippen molar-refractivity contribution in [3.8, 4) is 11.5 Å². The fourth-order valence-electron chi connectivity index (χ4n) is 2.46. The lowest BCUT2D eigenvalue weighted by molar-refractivity contribution is 0.168. The van der Waals surface area contributed by atoms with Crippen molar-refractivity contribution in [3.05, 3.63) is 53.1 Å². The van der Waals surface area contributed by atoms with Crippen molar-refractivity contribution in [3.63, 3.8) is 0 Å². The molecule has 2 rings (SSSR count). The largest absolute Gasteiger partial charge is 0.494 e. The Morgan fingerprint density at radius 2 is 1.80 bits per heavy atom. The van der Waals surface area contributed by atoms with Crippen molar-refractivity contribution < 1.29 is 19.0 Å². The maximum absolute atomic E-state index is 11.7. The molecular weight excluding hydrogens is 318 g/mol. The van der Waals surface area contributed by atoms with Crippen molar-refractivity contribution in [1.29, 1.82) is 0 Å². The van der Waals surface area contributed by atoms with E-state index in [1.165, 1.54) is 5.56 Å². The van der Waals surface area contributed by atoms with Gasteiger partial charge in [0.1, 0.15) is 18.1 Å². The number of carbonyl (C=O) groups excluding carboxylic acids is 1. The van der Waals surface area contributed by atoms with Gasteiger partial charge in [0.15, 0.2) is 0 Å². The highest BCUT2D eigenvalue weighted by Crippen LogP contribution is 2.26. The summed E-state index contributed by atoms with van der Waals surface area (Å²) in [5, 5.41) is 2.74.